The average molecular weight is 189 g/mol. The first kappa shape index (κ1) is 9.00. The van der Waals surface area contributed by atoms with Crippen LogP contribution in [0.2, 0.25) is 5.02 Å². The number of carbonyl (C=O) groups is 1. The van der Waals surface area contributed by atoms with E-state index in [9.17, 15) is 9.18 Å². The zero-order chi connectivity index (χ0) is 9.30. The lowest BCUT2D eigenvalue weighted by Crippen LogP contribution is -1.93. The number of Topliss-reactive ketones (excluding diaryl/α,β-unsaturated/α-hetero) is 1. The minimum atomic E-state index is -0.737. The molecule has 1 rings (SSSR count). The highest BCUT2D eigenvalue weighted by molar-refractivity contribution is 6.31. The van der Waals surface area contributed by atoms with Crippen LogP contribution in [0, 0.1) is 5.82 Å². The van der Waals surface area contributed by atoms with Gasteiger partial charge in [-0.25, -0.2) is 4.39 Å². The lowest BCUT2D eigenvalue weighted by molar-refractivity contribution is 0.101. The summed E-state index contributed by atoms with van der Waals surface area (Å²) in [5, 5.41) is 8.90. The molecule has 0 atom stereocenters. The molecule has 0 aliphatic carbocycles. The lowest BCUT2D eigenvalue weighted by atomic mass is 10.1. The molecule has 1 aromatic rings. The van der Waals surface area contributed by atoms with Gasteiger partial charge in [0, 0.05) is 6.07 Å². The molecule has 1 aromatic carbocycles. The highest BCUT2D eigenvalue weighted by Gasteiger charge is 2.10. The van der Waals surface area contributed by atoms with E-state index in [2.05, 4.69) is 0 Å². The van der Waals surface area contributed by atoms with Crippen LogP contribution < -0.4 is 0 Å². The second kappa shape index (κ2) is 3.11. The van der Waals surface area contributed by atoms with Crippen LogP contribution in [0.3, 0.4) is 0 Å². The van der Waals surface area contributed by atoms with Crippen LogP contribution in [0.25, 0.3) is 0 Å². The zero-order valence-corrected chi connectivity index (χ0v) is 7.02. The number of benzene rings is 1. The Morgan fingerprint density at radius 3 is 2.67 bits per heavy atom. The van der Waals surface area contributed by atoms with E-state index < -0.39 is 5.82 Å². The van der Waals surface area contributed by atoms with Crippen LogP contribution in [0.15, 0.2) is 12.1 Å². The molecule has 4 heteroatoms. The van der Waals surface area contributed by atoms with E-state index in [1.807, 2.05) is 0 Å². The maximum Gasteiger partial charge on any atom is 0.163 e. The van der Waals surface area contributed by atoms with Crippen LogP contribution in [0.5, 0.6) is 5.75 Å². The third-order valence-corrected chi connectivity index (χ3v) is 1.71. The van der Waals surface area contributed by atoms with Crippen molar-refractivity contribution in [2.75, 3.05) is 0 Å². The number of halogens is 2. The standard InChI is InChI=1S/C8H6ClFO2/c1-4(11)5-2-6(9)7(10)3-8(5)12/h2-3,12H,1H3. The van der Waals surface area contributed by atoms with Gasteiger partial charge in [0.05, 0.1) is 10.6 Å². The first-order chi connectivity index (χ1) is 5.52. The van der Waals surface area contributed by atoms with E-state index in [-0.39, 0.29) is 22.1 Å². The molecule has 0 saturated carbocycles. The van der Waals surface area contributed by atoms with E-state index in [1.54, 1.807) is 0 Å². The van der Waals surface area contributed by atoms with Crippen molar-refractivity contribution in [3.63, 3.8) is 0 Å². The first-order valence-corrected chi connectivity index (χ1v) is 3.59. The van der Waals surface area contributed by atoms with Gasteiger partial charge >= 0.3 is 0 Å². The molecule has 0 bridgehead atoms. The molecular weight excluding hydrogens is 183 g/mol. The molecule has 2 nitrogen and oxygen atoms in total. The molecule has 0 spiro atoms. The van der Waals surface area contributed by atoms with Gasteiger partial charge in [0.2, 0.25) is 0 Å². The Hall–Kier alpha value is -1.09. The Balaban J connectivity index is 3.33. The van der Waals surface area contributed by atoms with Crippen LogP contribution in [-0.2, 0) is 0 Å². The summed E-state index contributed by atoms with van der Waals surface area (Å²) in [6.07, 6.45) is 0. The van der Waals surface area contributed by atoms with Gasteiger partial charge in [0.1, 0.15) is 11.6 Å². The van der Waals surface area contributed by atoms with Gasteiger partial charge in [-0.1, -0.05) is 11.6 Å². The minimum absolute atomic E-state index is 0.0291. The third-order valence-electron chi connectivity index (χ3n) is 1.42. The van der Waals surface area contributed by atoms with Gasteiger partial charge in [-0.2, -0.15) is 0 Å². The largest absolute Gasteiger partial charge is 0.507 e. The summed E-state index contributed by atoms with van der Waals surface area (Å²) >= 11 is 5.39. The highest BCUT2D eigenvalue weighted by Crippen LogP contribution is 2.24. The molecule has 0 aliphatic rings. The van der Waals surface area contributed by atoms with E-state index in [0.29, 0.717) is 0 Å². The quantitative estimate of drug-likeness (QED) is 0.687. The SMILES string of the molecule is CC(=O)c1cc(Cl)c(F)cc1O. The van der Waals surface area contributed by atoms with Gasteiger partial charge in [-0.3, -0.25) is 4.79 Å². The third kappa shape index (κ3) is 1.56. The number of rotatable bonds is 1. The summed E-state index contributed by atoms with van der Waals surface area (Å²) in [5.41, 5.74) is 0.0291. The molecule has 1 N–H and O–H groups in total. The zero-order valence-electron chi connectivity index (χ0n) is 6.27. The number of ketones is 1. The topological polar surface area (TPSA) is 37.3 Å². The van der Waals surface area contributed by atoms with Gasteiger partial charge < -0.3 is 5.11 Å². The van der Waals surface area contributed by atoms with Crippen molar-refractivity contribution in [1.29, 1.82) is 0 Å². The Labute approximate surface area is 73.6 Å². The second-order valence-electron chi connectivity index (χ2n) is 2.34. The predicted octanol–water partition coefficient (Wildman–Crippen LogP) is 2.39. The number of aromatic hydroxyl groups is 1. The van der Waals surface area contributed by atoms with E-state index in [1.165, 1.54) is 6.92 Å². The number of carbonyl (C=O) groups excluding carboxylic acids is 1. The molecule has 12 heavy (non-hydrogen) atoms. The second-order valence-corrected chi connectivity index (χ2v) is 2.75. The fourth-order valence-electron chi connectivity index (χ4n) is 0.818. The van der Waals surface area contributed by atoms with Crippen LogP contribution in [0.1, 0.15) is 17.3 Å². The van der Waals surface area contributed by atoms with Gasteiger partial charge in [0.25, 0.3) is 0 Å². The number of hydrogen-bond acceptors (Lipinski definition) is 2. The number of hydrogen-bond donors (Lipinski definition) is 1. The van der Waals surface area contributed by atoms with Crippen LogP contribution >= 0.6 is 11.6 Å². The molecule has 0 heterocycles. The normalized spacial score (nSPS) is 9.92. The minimum Gasteiger partial charge on any atom is -0.507 e. The van der Waals surface area contributed by atoms with Crippen molar-refractivity contribution >= 4 is 17.4 Å². The maximum absolute atomic E-state index is 12.6. The Kier molecular flexibility index (Phi) is 2.33. The maximum atomic E-state index is 12.6. The van der Waals surface area contributed by atoms with Gasteiger partial charge in [-0.05, 0) is 13.0 Å². The molecule has 0 unspecified atom stereocenters. The van der Waals surface area contributed by atoms with Crippen molar-refractivity contribution in [1.82, 2.24) is 0 Å². The predicted molar refractivity (Wildman–Crippen MR) is 43.1 cm³/mol. The average Bonchev–Trinajstić information content (AvgIpc) is 1.96. The summed E-state index contributed by atoms with van der Waals surface area (Å²) in [6.45, 7) is 1.27. The molecule has 64 valence electrons. The van der Waals surface area contributed by atoms with E-state index in [4.69, 9.17) is 16.7 Å². The monoisotopic (exact) mass is 188 g/mol. The van der Waals surface area contributed by atoms with Crippen molar-refractivity contribution in [2.24, 2.45) is 0 Å². The van der Waals surface area contributed by atoms with Crippen molar-refractivity contribution in [3.8, 4) is 5.75 Å². The van der Waals surface area contributed by atoms with Crippen LogP contribution in [-0.4, -0.2) is 10.9 Å². The first-order valence-electron chi connectivity index (χ1n) is 3.21. The molecular formula is C8H6ClFO2. The smallest absolute Gasteiger partial charge is 0.163 e. The summed E-state index contributed by atoms with van der Waals surface area (Å²) < 4.78 is 12.6. The van der Waals surface area contributed by atoms with E-state index >= 15 is 0 Å². The fourth-order valence-corrected chi connectivity index (χ4v) is 0.982. The molecule has 0 aliphatic heterocycles. The number of phenols is 1. The van der Waals surface area contributed by atoms with Crippen molar-refractivity contribution in [2.45, 2.75) is 6.92 Å². The van der Waals surface area contributed by atoms with E-state index in [0.717, 1.165) is 12.1 Å². The summed E-state index contributed by atoms with van der Waals surface area (Å²) in [6, 6.07) is 1.92. The summed E-state index contributed by atoms with van der Waals surface area (Å²) in [7, 11) is 0. The lowest BCUT2D eigenvalue weighted by Gasteiger charge is -2.01. The molecule has 0 aromatic heterocycles. The molecule has 0 fully saturated rings. The Bertz CT molecular complexity index is 336. The van der Waals surface area contributed by atoms with Crippen LogP contribution in [0.4, 0.5) is 4.39 Å². The Morgan fingerprint density at radius 1 is 1.58 bits per heavy atom. The highest BCUT2D eigenvalue weighted by atomic mass is 35.5. The van der Waals surface area contributed by atoms with Crippen molar-refractivity contribution in [3.05, 3.63) is 28.5 Å². The molecule has 0 radical (unpaired) electrons. The molecule has 0 saturated heterocycles. The summed E-state index contributed by atoms with van der Waals surface area (Å²) in [5.74, 6) is -1.47. The summed E-state index contributed by atoms with van der Waals surface area (Å²) in [4.78, 5) is 10.8. The molecule has 0 amide bonds. The number of phenolic OH excluding ortho intramolecular Hbond substituents is 1. The van der Waals surface area contributed by atoms with Gasteiger partial charge in [-0.15, -0.1) is 0 Å². The fraction of sp³-hybridized carbons (Fsp3) is 0.125. The van der Waals surface area contributed by atoms with Crippen molar-refractivity contribution < 1.29 is 14.3 Å². The Morgan fingerprint density at radius 2 is 2.17 bits per heavy atom. The van der Waals surface area contributed by atoms with Gasteiger partial charge in [0.15, 0.2) is 5.78 Å².